The van der Waals surface area contributed by atoms with E-state index in [1.54, 1.807) is 7.11 Å². The van der Waals surface area contributed by atoms with E-state index in [0.717, 1.165) is 12.0 Å². The zero-order valence-corrected chi connectivity index (χ0v) is 9.66. The molecule has 0 atom stereocenters. The maximum atomic E-state index is 9.02. The number of hydrogen-bond donors (Lipinski definition) is 1. The molecule has 1 aromatic rings. The molecule has 1 aromatic carbocycles. The lowest BCUT2D eigenvalue weighted by Gasteiger charge is -2.09. The fourth-order valence-corrected chi connectivity index (χ4v) is 1.53. The van der Waals surface area contributed by atoms with Gasteiger partial charge in [-0.2, -0.15) is 5.26 Å². The number of allylic oxidation sites excluding steroid dienone is 1. The first kappa shape index (κ1) is 12.1. The van der Waals surface area contributed by atoms with Gasteiger partial charge in [0.1, 0.15) is 5.75 Å². The molecule has 0 aliphatic heterocycles. The zero-order chi connectivity index (χ0) is 12.0. The highest BCUT2D eigenvalue weighted by Crippen LogP contribution is 2.25. The quantitative estimate of drug-likeness (QED) is 0.787. The molecule has 3 heteroatoms. The monoisotopic (exact) mass is 216 g/mol. The number of para-hydroxylation sites is 1. The Bertz CT molecular complexity index is 430. The molecule has 0 aliphatic carbocycles. The van der Waals surface area contributed by atoms with Crippen LogP contribution in [0.1, 0.15) is 25.3 Å². The summed E-state index contributed by atoms with van der Waals surface area (Å²) in [7, 11) is 1.60. The van der Waals surface area contributed by atoms with E-state index in [1.807, 2.05) is 31.2 Å². The van der Waals surface area contributed by atoms with E-state index in [0.29, 0.717) is 23.4 Å². The van der Waals surface area contributed by atoms with Crippen LogP contribution in [-0.2, 0) is 0 Å². The SMILES string of the molecule is CCC/C(C#N)=C(/N)c1ccccc1OC. The molecule has 16 heavy (non-hydrogen) atoms. The Morgan fingerprint density at radius 2 is 2.12 bits per heavy atom. The molecule has 0 amide bonds. The summed E-state index contributed by atoms with van der Waals surface area (Å²) in [5.41, 5.74) is 7.91. The third-order valence-electron chi connectivity index (χ3n) is 2.36. The van der Waals surface area contributed by atoms with Crippen LogP contribution >= 0.6 is 0 Å². The van der Waals surface area contributed by atoms with Crippen LogP contribution in [0.5, 0.6) is 5.75 Å². The normalized spacial score (nSPS) is 11.6. The molecule has 0 radical (unpaired) electrons. The number of methoxy groups -OCH3 is 1. The predicted octanol–water partition coefficient (Wildman–Crippen LogP) is 2.69. The molecule has 0 bridgehead atoms. The van der Waals surface area contributed by atoms with Gasteiger partial charge in [-0.15, -0.1) is 0 Å². The van der Waals surface area contributed by atoms with Crippen molar-refractivity contribution in [2.24, 2.45) is 5.73 Å². The number of hydrogen-bond acceptors (Lipinski definition) is 3. The van der Waals surface area contributed by atoms with E-state index >= 15 is 0 Å². The van der Waals surface area contributed by atoms with Crippen LogP contribution in [0.25, 0.3) is 5.70 Å². The summed E-state index contributed by atoms with van der Waals surface area (Å²) in [5, 5.41) is 9.02. The lowest BCUT2D eigenvalue weighted by molar-refractivity contribution is 0.413. The summed E-state index contributed by atoms with van der Waals surface area (Å²) in [6, 6.07) is 9.61. The zero-order valence-electron chi connectivity index (χ0n) is 9.66. The van der Waals surface area contributed by atoms with Gasteiger partial charge in [0, 0.05) is 5.56 Å². The van der Waals surface area contributed by atoms with E-state index in [4.69, 9.17) is 15.7 Å². The van der Waals surface area contributed by atoms with Crippen LogP contribution in [0, 0.1) is 11.3 Å². The Kier molecular flexibility index (Phi) is 4.41. The Labute approximate surface area is 96.1 Å². The molecule has 0 spiro atoms. The van der Waals surface area contributed by atoms with Gasteiger partial charge in [-0.05, 0) is 18.6 Å². The average Bonchev–Trinajstić information content (AvgIpc) is 2.35. The number of nitrogens with zero attached hydrogens (tertiary/aromatic N) is 1. The maximum absolute atomic E-state index is 9.02. The van der Waals surface area contributed by atoms with E-state index < -0.39 is 0 Å². The highest BCUT2D eigenvalue weighted by molar-refractivity contribution is 5.73. The number of nitriles is 1. The van der Waals surface area contributed by atoms with Crippen molar-refractivity contribution in [3.63, 3.8) is 0 Å². The summed E-state index contributed by atoms with van der Waals surface area (Å²) in [4.78, 5) is 0. The highest BCUT2D eigenvalue weighted by atomic mass is 16.5. The number of ether oxygens (including phenoxy) is 1. The second-order valence-electron chi connectivity index (χ2n) is 3.45. The van der Waals surface area contributed by atoms with Gasteiger partial charge in [0.25, 0.3) is 0 Å². The van der Waals surface area contributed by atoms with Crippen LogP contribution in [0.3, 0.4) is 0 Å². The van der Waals surface area contributed by atoms with Crippen molar-refractivity contribution in [1.82, 2.24) is 0 Å². The van der Waals surface area contributed by atoms with Crippen molar-refractivity contribution in [1.29, 1.82) is 5.26 Å². The maximum Gasteiger partial charge on any atom is 0.128 e. The van der Waals surface area contributed by atoms with Crippen LogP contribution in [0.15, 0.2) is 29.8 Å². The van der Waals surface area contributed by atoms with Crippen LogP contribution in [-0.4, -0.2) is 7.11 Å². The minimum absolute atomic E-state index is 0.516. The van der Waals surface area contributed by atoms with Crippen LogP contribution in [0.2, 0.25) is 0 Å². The molecule has 84 valence electrons. The molecular formula is C13H16N2O. The Morgan fingerprint density at radius 3 is 2.69 bits per heavy atom. The smallest absolute Gasteiger partial charge is 0.128 e. The third-order valence-corrected chi connectivity index (χ3v) is 2.36. The molecule has 0 saturated heterocycles. The molecule has 0 fully saturated rings. The van der Waals surface area contributed by atoms with Crippen molar-refractivity contribution in [3.8, 4) is 11.8 Å². The second kappa shape index (κ2) is 5.82. The fourth-order valence-electron chi connectivity index (χ4n) is 1.53. The summed E-state index contributed by atoms with van der Waals surface area (Å²) >= 11 is 0. The summed E-state index contributed by atoms with van der Waals surface area (Å²) in [5.74, 6) is 0.698. The number of nitrogens with two attached hydrogens (primary N) is 1. The lowest BCUT2D eigenvalue weighted by atomic mass is 10.0. The minimum atomic E-state index is 0.516. The van der Waals surface area contributed by atoms with Crippen molar-refractivity contribution >= 4 is 5.70 Å². The Morgan fingerprint density at radius 1 is 1.44 bits per heavy atom. The van der Waals surface area contributed by atoms with Crippen LogP contribution in [0.4, 0.5) is 0 Å². The third kappa shape index (κ3) is 2.54. The van der Waals surface area contributed by atoms with Gasteiger partial charge >= 0.3 is 0 Å². The Hall–Kier alpha value is -1.95. The topological polar surface area (TPSA) is 59.0 Å². The molecule has 3 nitrogen and oxygen atoms in total. The summed E-state index contributed by atoms with van der Waals surface area (Å²) in [6.45, 7) is 2.02. The predicted molar refractivity (Wildman–Crippen MR) is 64.6 cm³/mol. The fraction of sp³-hybridized carbons (Fsp3) is 0.308. The first-order chi connectivity index (χ1) is 7.74. The number of rotatable bonds is 4. The molecule has 0 aromatic heterocycles. The molecule has 1 rings (SSSR count). The largest absolute Gasteiger partial charge is 0.496 e. The lowest BCUT2D eigenvalue weighted by Crippen LogP contribution is -2.03. The molecule has 0 saturated carbocycles. The molecule has 0 unspecified atom stereocenters. The molecular weight excluding hydrogens is 200 g/mol. The first-order valence-corrected chi connectivity index (χ1v) is 5.26. The summed E-state index contributed by atoms with van der Waals surface area (Å²) in [6.07, 6.45) is 1.60. The van der Waals surface area contributed by atoms with Gasteiger partial charge in [-0.3, -0.25) is 0 Å². The van der Waals surface area contributed by atoms with E-state index in [-0.39, 0.29) is 0 Å². The standard InChI is InChI=1S/C13H16N2O/c1-3-6-10(9-14)13(15)11-7-4-5-8-12(11)16-2/h4-5,7-8H,3,6,15H2,1-2H3/b13-10-. The molecule has 0 aliphatic rings. The van der Waals surface area contributed by atoms with Gasteiger partial charge in [-0.1, -0.05) is 25.5 Å². The van der Waals surface area contributed by atoms with Gasteiger partial charge < -0.3 is 10.5 Å². The Balaban J connectivity index is 3.21. The average molecular weight is 216 g/mol. The van der Waals surface area contributed by atoms with Gasteiger partial charge in [-0.25, -0.2) is 0 Å². The second-order valence-corrected chi connectivity index (χ2v) is 3.45. The van der Waals surface area contributed by atoms with Gasteiger partial charge in [0.2, 0.25) is 0 Å². The molecule has 2 N–H and O–H groups in total. The van der Waals surface area contributed by atoms with Crippen LogP contribution < -0.4 is 10.5 Å². The summed E-state index contributed by atoms with van der Waals surface area (Å²) < 4.78 is 5.22. The van der Waals surface area contributed by atoms with Gasteiger partial charge in [0.05, 0.1) is 24.4 Å². The highest BCUT2D eigenvalue weighted by Gasteiger charge is 2.09. The van der Waals surface area contributed by atoms with Crippen molar-refractivity contribution in [2.75, 3.05) is 7.11 Å². The number of benzene rings is 1. The molecule has 0 heterocycles. The van der Waals surface area contributed by atoms with E-state index in [2.05, 4.69) is 6.07 Å². The van der Waals surface area contributed by atoms with Crippen molar-refractivity contribution in [3.05, 3.63) is 35.4 Å². The minimum Gasteiger partial charge on any atom is -0.496 e. The first-order valence-electron chi connectivity index (χ1n) is 5.26. The van der Waals surface area contributed by atoms with E-state index in [9.17, 15) is 0 Å². The van der Waals surface area contributed by atoms with Crippen molar-refractivity contribution in [2.45, 2.75) is 19.8 Å². The van der Waals surface area contributed by atoms with Gasteiger partial charge in [0.15, 0.2) is 0 Å². The van der Waals surface area contributed by atoms with E-state index in [1.165, 1.54) is 0 Å². The van der Waals surface area contributed by atoms with Crippen molar-refractivity contribution < 1.29 is 4.74 Å².